The monoisotopic (exact) mass is 350 g/mol. The molecule has 0 spiro atoms. The lowest BCUT2D eigenvalue weighted by atomic mass is 10.2. The van der Waals surface area contributed by atoms with Crippen molar-refractivity contribution in [2.24, 2.45) is 5.10 Å². The number of para-hydroxylation sites is 2. The summed E-state index contributed by atoms with van der Waals surface area (Å²) >= 11 is 11.9. The van der Waals surface area contributed by atoms with Gasteiger partial charge in [-0.2, -0.15) is 5.10 Å². The molecule has 5 nitrogen and oxygen atoms in total. The van der Waals surface area contributed by atoms with Crippen LogP contribution in [0.4, 0.5) is 0 Å². The van der Waals surface area contributed by atoms with Crippen LogP contribution in [0.5, 0.6) is 11.5 Å². The molecule has 1 heterocycles. The first kappa shape index (κ1) is 15.6. The Hall–Kier alpha value is -2.24. The van der Waals surface area contributed by atoms with E-state index in [0.717, 1.165) is 0 Å². The number of halogens is 2. The molecule has 0 saturated carbocycles. The molecule has 1 aliphatic rings. The molecule has 0 aromatic heterocycles. The molecule has 0 saturated heterocycles. The minimum Gasteiger partial charge on any atom is -0.485 e. The average molecular weight is 351 g/mol. The summed E-state index contributed by atoms with van der Waals surface area (Å²) in [6.45, 7) is 0.121. The Balaban J connectivity index is 1.62. The van der Waals surface area contributed by atoms with E-state index in [1.54, 1.807) is 30.3 Å². The zero-order chi connectivity index (χ0) is 16.2. The van der Waals surface area contributed by atoms with Crippen LogP contribution in [0.15, 0.2) is 47.6 Å². The molecule has 3 rings (SSSR count). The Morgan fingerprint density at radius 2 is 1.96 bits per heavy atom. The second-order valence-electron chi connectivity index (χ2n) is 4.74. The molecule has 0 fully saturated rings. The predicted molar refractivity (Wildman–Crippen MR) is 88.6 cm³/mol. The number of hydrazone groups is 1. The number of nitrogens with one attached hydrogen (secondary N) is 1. The van der Waals surface area contributed by atoms with E-state index in [1.807, 2.05) is 12.1 Å². The highest BCUT2D eigenvalue weighted by molar-refractivity contribution is 6.43. The normalized spacial score (nSPS) is 16.3. The molecule has 1 amide bonds. The Morgan fingerprint density at radius 1 is 1.17 bits per heavy atom. The van der Waals surface area contributed by atoms with Gasteiger partial charge in [0, 0.05) is 5.56 Å². The molecule has 2 aromatic carbocycles. The maximum absolute atomic E-state index is 12.1. The summed E-state index contributed by atoms with van der Waals surface area (Å²) in [5, 5.41) is 4.66. The van der Waals surface area contributed by atoms with Crippen LogP contribution in [-0.2, 0) is 4.79 Å². The zero-order valence-corrected chi connectivity index (χ0v) is 13.3. The fraction of sp³-hybridized carbons (Fsp3) is 0.125. The number of fused-ring (bicyclic) bond motifs is 1. The topological polar surface area (TPSA) is 59.9 Å². The summed E-state index contributed by atoms with van der Waals surface area (Å²) in [5.74, 6) is 0.737. The third kappa shape index (κ3) is 3.57. The van der Waals surface area contributed by atoms with Crippen LogP contribution in [-0.4, -0.2) is 24.8 Å². The van der Waals surface area contributed by atoms with Crippen LogP contribution in [0.25, 0.3) is 0 Å². The van der Waals surface area contributed by atoms with Crippen LogP contribution < -0.4 is 14.9 Å². The Labute approximate surface area is 142 Å². The molecule has 1 unspecified atom stereocenters. The summed E-state index contributed by atoms with van der Waals surface area (Å²) in [7, 11) is 0. The van der Waals surface area contributed by atoms with Crippen molar-refractivity contribution in [3.05, 3.63) is 58.1 Å². The van der Waals surface area contributed by atoms with Crippen molar-refractivity contribution in [2.75, 3.05) is 6.61 Å². The van der Waals surface area contributed by atoms with Gasteiger partial charge >= 0.3 is 0 Å². The summed E-state index contributed by atoms with van der Waals surface area (Å²) in [6, 6.07) is 12.3. The molecular formula is C16H12Cl2N2O3. The highest BCUT2D eigenvalue weighted by Gasteiger charge is 2.26. The van der Waals surface area contributed by atoms with Gasteiger partial charge in [-0.15, -0.1) is 0 Å². The molecule has 1 atom stereocenters. The van der Waals surface area contributed by atoms with Crippen LogP contribution >= 0.6 is 23.2 Å². The van der Waals surface area contributed by atoms with E-state index in [9.17, 15) is 4.79 Å². The van der Waals surface area contributed by atoms with Gasteiger partial charge in [0.2, 0.25) is 6.10 Å². The Kier molecular flexibility index (Phi) is 4.69. The largest absolute Gasteiger partial charge is 0.485 e. The number of ether oxygens (including phenoxy) is 2. The summed E-state index contributed by atoms with van der Waals surface area (Å²) in [6.07, 6.45) is 0.654. The third-order valence-electron chi connectivity index (χ3n) is 3.16. The number of hydrogen-bond acceptors (Lipinski definition) is 4. The first-order chi connectivity index (χ1) is 11.1. The van der Waals surface area contributed by atoms with E-state index in [4.69, 9.17) is 32.7 Å². The van der Waals surface area contributed by atoms with E-state index in [-0.39, 0.29) is 6.61 Å². The second kappa shape index (κ2) is 6.89. The van der Waals surface area contributed by atoms with Crippen molar-refractivity contribution in [1.82, 2.24) is 5.43 Å². The van der Waals surface area contributed by atoms with E-state index in [0.29, 0.717) is 27.1 Å². The number of amides is 1. The fourth-order valence-corrected chi connectivity index (χ4v) is 2.36. The molecule has 1 N–H and O–H groups in total. The standard InChI is InChI=1S/C16H12Cl2N2O3/c17-11-5-3-4-10(15(11)18)8-19-20-16(21)14-9-22-12-6-1-2-7-13(12)23-14/h1-8,14H,9H2,(H,20,21)/b19-8+. The minimum absolute atomic E-state index is 0.121. The SMILES string of the molecule is O=C(N/N=C/c1cccc(Cl)c1Cl)C1COc2ccccc2O1. The molecule has 0 aliphatic carbocycles. The van der Waals surface area contributed by atoms with Crippen molar-refractivity contribution in [3.8, 4) is 11.5 Å². The van der Waals surface area contributed by atoms with Gasteiger partial charge in [-0.3, -0.25) is 4.79 Å². The molecular weight excluding hydrogens is 339 g/mol. The first-order valence-electron chi connectivity index (χ1n) is 6.80. The zero-order valence-electron chi connectivity index (χ0n) is 11.8. The molecule has 23 heavy (non-hydrogen) atoms. The van der Waals surface area contributed by atoms with Gasteiger partial charge in [-0.1, -0.05) is 47.5 Å². The number of rotatable bonds is 3. The van der Waals surface area contributed by atoms with E-state index < -0.39 is 12.0 Å². The molecule has 0 radical (unpaired) electrons. The lowest BCUT2D eigenvalue weighted by molar-refractivity contribution is -0.130. The summed E-state index contributed by atoms with van der Waals surface area (Å²) in [5.41, 5.74) is 3.00. The van der Waals surface area contributed by atoms with Crippen molar-refractivity contribution in [3.63, 3.8) is 0 Å². The van der Waals surface area contributed by atoms with Crippen molar-refractivity contribution in [2.45, 2.75) is 6.10 Å². The average Bonchev–Trinajstić information content (AvgIpc) is 2.58. The lowest BCUT2D eigenvalue weighted by Gasteiger charge is -2.24. The van der Waals surface area contributed by atoms with Gasteiger partial charge in [0.05, 0.1) is 16.3 Å². The molecule has 118 valence electrons. The Morgan fingerprint density at radius 3 is 2.78 bits per heavy atom. The highest BCUT2D eigenvalue weighted by atomic mass is 35.5. The first-order valence-corrected chi connectivity index (χ1v) is 7.56. The Bertz CT molecular complexity index is 765. The molecule has 7 heteroatoms. The van der Waals surface area contributed by atoms with Crippen molar-refractivity contribution >= 4 is 35.3 Å². The van der Waals surface area contributed by atoms with Crippen LogP contribution in [0.1, 0.15) is 5.56 Å². The van der Waals surface area contributed by atoms with E-state index >= 15 is 0 Å². The number of hydrogen-bond donors (Lipinski definition) is 1. The summed E-state index contributed by atoms with van der Waals surface area (Å²) < 4.78 is 11.1. The highest BCUT2D eigenvalue weighted by Crippen LogP contribution is 2.30. The van der Waals surface area contributed by atoms with Crippen molar-refractivity contribution in [1.29, 1.82) is 0 Å². The molecule has 0 bridgehead atoms. The van der Waals surface area contributed by atoms with Crippen LogP contribution in [0, 0.1) is 0 Å². The molecule has 2 aromatic rings. The minimum atomic E-state index is -0.767. The summed E-state index contributed by atoms with van der Waals surface area (Å²) in [4.78, 5) is 12.1. The van der Waals surface area contributed by atoms with Crippen LogP contribution in [0.2, 0.25) is 10.0 Å². The smallest absolute Gasteiger partial charge is 0.284 e. The predicted octanol–water partition coefficient (Wildman–Crippen LogP) is 3.28. The van der Waals surface area contributed by atoms with Gasteiger partial charge in [-0.05, 0) is 18.2 Å². The van der Waals surface area contributed by atoms with Gasteiger partial charge in [0.15, 0.2) is 11.5 Å². The van der Waals surface area contributed by atoms with Gasteiger partial charge in [0.1, 0.15) is 6.61 Å². The number of nitrogens with zero attached hydrogens (tertiary/aromatic N) is 1. The molecule has 1 aliphatic heterocycles. The van der Waals surface area contributed by atoms with E-state index in [2.05, 4.69) is 10.5 Å². The van der Waals surface area contributed by atoms with Gasteiger partial charge < -0.3 is 9.47 Å². The number of benzene rings is 2. The van der Waals surface area contributed by atoms with Crippen molar-refractivity contribution < 1.29 is 14.3 Å². The van der Waals surface area contributed by atoms with Gasteiger partial charge in [0.25, 0.3) is 5.91 Å². The van der Waals surface area contributed by atoms with Gasteiger partial charge in [-0.25, -0.2) is 5.43 Å². The number of carbonyl (C=O) groups is 1. The fourth-order valence-electron chi connectivity index (χ4n) is 2.01. The quantitative estimate of drug-likeness (QED) is 0.682. The maximum atomic E-state index is 12.1. The van der Waals surface area contributed by atoms with Crippen LogP contribution in [0.3, 0.4) is 0 Å². The van der Waals surface area contributed by atoms with E-state index in [1.165, 1.54) is 6.21 Å². The lowest BCUT2D eigenvalue weighted by Crippen LogP contribution is -2.42. The number of carbonyl (C=O) groups excluding carboxylic acids is 1. The third-order valence-corrected chi connectivity index (χ3v) is 3.99. The second-order valence-corrected chi connectivity index (χ2v) is 5.53. The maximum Gasteiger partial charge on any atom is 0.284 e.